The van der Waals surface area contributed by atoms with Gasteiger partial charge in [-0.1, -0.05) is 18.0 Å². The maximum atomic E-state index is 15.5. The summed E-state index contributed by atoms with van der Waals surface area (Å²) in [6.45, 7) is 12.3. The topological polar surface area (TPSA) is 108 Å². The van der Waals surface area contributed by atoms with E-state index in [1.54, 1.807) is 12.5 Å². The van der Waals surface area contributed by atoms with Crippen molar-refractivity contribution in [2.75, 3.05) is 23.3 Å². The van der Waals surface area contributed by atoms with Gasteiger partial charge in [-0.05, 0) is 104 Å². The summed E-state index contributed by atoms with van der Waals surface area (Å²) in [6.07, 6.45) is 10.5. The molecule has 4 aromatic rings. The molecule has 51 heavy (non-hydrogen) atoms. The van der Waals surface area contributed by atoms with E-state index in [1.807, 2.05) is 49.3 Å². The number of piperidine rings is 1. The summed E-state index contributed by atoms with van der Waals surface area (Å²) >= 11 is 6.13. The second kappa shape index (κ2) is 12.2. The number of carbonyl (C=O) groups excluding carboxylic acids is 2. The summed E-state index contributed by atoms with van der Waals surface area (Å²) in [5.41, 5.74) is 2.61. The maximum Gasteiger partial charge on any atom is 0.253 e. The highest BCUT2D eigenvalue weighted by atomic mass is 35.5. The van der Waals surface area contributed by atoms with Gasteiger partial charge in [0.25, 0.3) is 5.91 Å². The molecule has 4 aliphatic rings. The molecule has 2 amide bonds. The van der Waals surface area contributed by atoms with Crippen LogP contribution in [0.4, 0.5) is 26.0 Å². The van der Waals surface area contributed by atoms with Gasteiger partial charge in [-0.3, -0.25) is 19.5 Å². The first-order valence-electron chi connectivity index (χ1n) is 18.0. The van der Waals surface area contributed by atoms with Gasteiger partial charge >= 0.3 is 0 Å². The van der Waals surface area contributed by atoms with Crippen molar-refractivity contribution in [2.45, 2.75) is 109 Å². The number of fused-ring (bicyclic) bond motifs is 2. The van der Waals surface area contributed by atoms with Crippen LogP contribution in [0.25, 0.3) is 22.3 Å². The lowest BCUT2D eigenvalue weighted by molar-refractivity contribution is -0.123. The monoisotopic (exact) mass is 716 g/mol. The van der Waals surface area contributed by atoms with Crippen molar-refractivity contribution in [1.82, 2.24) is 29.7 Å². The first kappa shape index (κ1) is 34.0. The average molecular weight is 717 g/mol. The van der Waals surface area contributed by atoms with Gasteiger partial charge in [0.15, 0.2) is 17.5 Å². The number of hydrogen-bond donors (Lipinski definition) is 2. The molecule has 2 saturated carbocycles. The minimum Gasteiger partial charge on any atom is -0.349 e. The summed E-state index contributed by atoms with van der Waals surface area (Å²) in [6, 6.07) is 5.04. The number of rotatable bonds is 8. The van der Waals surface area contributed by atoms with Crippen molar-refractivity contribution in [3.05, 3.63) is 58.6 Å². The van der Waals surface area contributed by atoms with E-state index >= 15 is 8.78 Å². The van der Waals surface area contributed by atoms with Crippen molar-refractivity contribution in [3.63, 3.8) is 0 Å². The zero-order chi connectivity index (χ0) is 36.0. The van der Waals surface area contributed by atoms with E-state index < -0.39 is 28.0 Å². The average Bonchev–Trinajstić information content (AvgIpc) is 3.76. The zero-order valence-electron chi connectivity index (χ0n) is 29.6. The van der Waals surface area contributed by atoms with Crippen molar-refractivity contribution in [1.29, 1.82) is 0 Å². The number of benzene rings is 1. The molecule has 1 aromatic carbocycles. The molecule has 0 unspecified atom stereocenters. The van der Waals surface area contributed by atoms with Gasteiger partial charge in [0.1, 0.15) is 5.52 Å². The van der Waals surface area contributed by atoms with E-state index in [0.29, 0.717) is 22.3 Å². The Morgan fingerprint density at radius 1 is 1.02 bits per heavy atom. The summed E-state index contributed by atoms with van der Waals surface area (Å²) in [5.74, 6) is -2.87. The van der Waals surface area contributed by atoms with Crippen LogP contribution in [0.2, 0.25) is 5.02 Å². The van der Waals surface area contributed by atoms with Gasteiger partial charge in [-0.2, -0.15) is 0 Å². The second-order valence-electron chi connectivity index (χ2n) is 15.8. The molecule has 0 atom stereocenters. The summed E-state index contributed by atoms with van der Waals surface area (Å²) in [7, 11) is 0. The van der Waals surface area contributed by atoms with Gasteiger partial charge in [-0.15, -0.1) is 0 Å². The molecule has 2 N–H and O–H groups in total. The number of amides is 2. The van der Waals surface area contributed by atoms with Crippen LogP contribution in [0.1, 0.15) is 102 Å². The summed E-state index contributed by atoms with van der Waals surface area (Å²) < 4.78 is 32.6. The van der Waals surface area contributed by atoms with E-state index in [9.17, 15) is 9.59 Å². The van der Waals surface area contributed by atoms with E-state index in [1.165, 1.54) is 25.3 Å². The Morgan fingerprint density at radius 2 is 1.75 bits per heavy atom. The molecule has 5 heterocycles. The normalized spacial score (nSPS) is 23.1. The molecule has 3 fully saturated rings. The molecule has 10 nitrogen and oxygen atoms in total. The quantitative estimate of drug-likeness (QED) is 0.180. The van der Waals surface area contributed by atoms with E-state index in [4.69, 9.17) is 21.6 Å². The Kier molecular flexibility index (Phi) is 8.14. The molecule has 13 heteroatoms. The molecular weight excluding hydrogens is 674 g/mol. The van der Waals surface area contributed by atoms with Crippen LogP contribution >= 0.6 is 11.6 Å². The van der Waals surface area contributed by atoms with E-state index in [0.717, 1.165) is 50.2 Å². The number of halogens is 3. The van der Waals surface area contributed by atoms with Gasteiger partial charge < -0.3 is 20.1 Å². The smallest absolute Gasteiger partial charge is 0.253 e. The molecule has 0 spiro atoms. The first-order chi connectivity index (χ1) is 24.3. The number of carbonyl (C=O) groups is 2. The van der Waals surface area contributed by atoms with Gasteiger partial charge in [0.05, 0.1) is 50.6 Å². The highest BCUT2D eigenvalue weighted by Gasteiger charge is 2.54. The molecule has 8 rings (SSSR count). The molecular formula is C38H43ClF2N8O2. The summed E-state index contributed by atoms with van der Waals surface area (Å²) in [4.78, 5) is 45.9. The number of anilines is 3. The number of hydrogen-bond acceptors (Lipinski definition) is 7. The Bertz CT molecular complexity index is 2080. The third kappa shape index (κ3) is 5.65. The van der Waals surface area contributed by atoms with Crippen molar-refractivity contribution >= 4 is 51.6 Å². The predicted octanol–water partition coefficient (Wildman–Crippen LogP) is 7.67. The fraction of sp³-hybridized carbons (Fsp3) is 0.500. The highest BCUT2D eigenvalue weighted by Crippen LogP contribution is 2.50. The van der Waals surface area contributed by atoms with E-state index in [2.05, 4.69) is 27.4 Å². The van der Waals surface area contributed by atoms with Crippen LogP contribution in [0.15, 0.2) is 30.7 Å². The third-order valence-corrected chi connectivity index (χ3v) is 11.6. The highest BCUT2D eigenvalue weighted by molar-refractivity contribution is 6.34. The molecule has 0 bridgehead atoms. The SMILES string of the molecule is CC(C)n1cnc2cc(-c3cnc4c(c3)N([C@H]3C[C@@](C)(N5CCCCC5)C3)C(=O)C4(C)C)nc(Nc3cc(C(=O)NC4CC4)c(Cl)c(F)c3F)c21. The van der Waals surface area contributed by atoms with Crippen LogP contribution in [-0.2, 0) is 10.2 Å². The van der Waals surface area contributed by atoms with Gasteiger partial charge in [0.2, 0.25) is 5.91 Å². The lowest BCUT2D eigenvalue weighted by Gasteiger charge is -2.55. The first-order valence-corrected chi connectivity index (χ1v) is 18.4. The summed E-state index contributed by atoms with van der Waals surface area (Å²) in [5, 5.41) is 5.19. The van der Waals surface area contributed by atoms with Crippen LogP contribution < -0.4 is 15.5 Å². The minimum absolute atomic E-state index is 0.00217. The van der Waals surface area contributed by atoms with Gasteiger partial charge in [0, 0.05) is 35.4 Å². The van der Waals surface area contributed by atoms with Crippen molar-refractivity contribution in [3.8, 4) is 11.3 Å². The van der Waals surface area contributed by atoms with Crippen LogP contribution in [0.3, 0.4) is 0 Å². The standard InChI is InChI=1S/C38H43ClF2N8O2/c1-20(2)48-19-43-27-15-25(45-34(32(27)48)46-26-14-24(29(39)31(41)30(26)40)35(50)44-22-9-10-22)21-13-28-33(42-18-21)37(3,4)36(51)49(28)23-16-38(5,17-23)47-11-7-6-8-12-47/h13-15,18-20,22-23H,6-12,16-17H2,1-5H3,(H,44,50)(H,45,46)/t23-,38+. The third-order valence-electron chi connectivity index (χ3n) is 11.3. The molecule has 2 aliphatic heterocycles. The Hall–Kier alpha value is -4.16. The molecule has 268 valence electrons. The fourth-order valence-electron chi connectivity index (χ4n) is 8.13. The number of likely N-dealkylation sites (tertiary alicyclic amines) is 1. The Morgan fingerprint density at radius 3 is 2.43 bits per heavy atom. The minimum atomic E-state index is -1.32. The lowest BCUT2D eigenvalue weighted by atomic mass is 9.71. The molecule has 1 saturated heterocycles. The van der Waals surface area contributed by atoms with Crippen LogP contribution in [0.5, 0.6) is 0 Å². The van der Waals surface area contributed by atoms with Gasteiger partial charge in [-0.25, -0.2) is 18.7 Å². The molecule has 0 radical (unpaired) electrons. The number of nitrogens with zero attached hydrogens (tertiary/aromatic N) is 6. The van der Waals surface area contributed by atoms with E-state index in [-0.39, 0.29) is 46.6 Å². The fourth-order valence-corrected chi connectivity index (χ4v) is 8.35. The Balaban J connectivity index is 1.18. The second-order valence-corrected chi connectivity index (χ2v) is 16.1. The number of imidazole rings is 1. The molecule has 2 aliphatic carbocycles. The number of nitrogens with one attached hydrogen (secondary N) is 2. The largest absolute Gasteiger partial charge is 0.349 e. The zero-order valence-corrected chi connectivity index (χ0v) is 30.4. The lowest BCUT2D eigenvalue weighted by Crippen LogP contribution is -2.64. The maximum absolute atomic E-state index is 15.5. The van der Waals surface area contributed by atoms with Crippen molar-refractivity contribution < 1.29 is 18.4 Å². The Labute approximate surface area is 301 Å². The van der Waals surface area contributed by atoms with Crippen LogP contribution in [0, 0.1) is 11.6 Å². The van der Waals surface area contributed by atoms with Crippen molar-refractivity contribution in [2.24, 2.45) is 0 Å². The molecule has 3 aromatic heterocycles. The number of aromatic nitrogens is 4. The van der Waals surface area contributed by atoms with Crippen LogP contribution in [-0.4, -0.2) is 66.9 Å². The predicted molar refractivity (Wildman–Crippen MR) is 194 cm³/mol. The number of pyridine rings is 2.